The lowest BCUT2D eigenvalue weighted by molar-refractivity contribution is -0.134. The van der Waals surface area contributed by atoms with Crippen LogP contribution in [0.5, 0.6) is 5.75 Å². The Morgan fingerprint density at radius 1 is 1.41 bits per heavy atom. The van der Waals surface area contributed by atoms with Crippen LogP contribution in [0.15, 0.2) is 24.3 Å². The van der Waals surface area contributed by atoms with Gasteiger partial charge in [-0.15, -0.1) is 0 Å². The standard InChI is InChI=1S/C20H30N4O3/c1-27-17-6-2-4-15(10-17)11-20(13-22-14-20)19(26)23-7-9-24-8-3-5-16(12-24)18(21)25/h2,4,6,10,16,22H,3,5,7-9,11-14H2,1H3,(H2,21,25)(H,23,26). The van der Waals surface area contributed by atoms with E-state index < -0.39 is 5.41 Å². The summed E-state index contributed by atoms with van der Waals surface area (Å²) in [7, 11) is 1.65. The SMILES string of the molecule is COc1cccc(CC2(C(=O)NCCN3CCCC(C(N)=O)C3)CNC2)c1. The number of piperidine rings is 1. The molecule has 7 heteroatoms. The highest BCUT2D eigenvalue weighted by Gasteiger charge is 2.44. The number of likely N-dealkylation sites (tertiary alicyclic amines) is 1. The molecule has 1 aromatic carbocycles. The molecule has 1 atom stereocenters. The predicted molar refractivity (Wildman–Crippen MR) is 103 cm³/mol. The zero-order valence-corrected chi connectivity index (χ0v) is 16.0. The van der Waals surface area contributed by atoms with E-state index in [0.717, 1.165) is 37.2 Å². The van der Waals surface area contributed by atoms with Gasteiger partial charge < -0.3 is 26.0 Å². The minimum atomic E-state index is -0.399. The third kappa shape index (κ3) is 4.78. The molecule has 1 aromatic rings. The molecule has 2 heterocycles. The topological polar surface area (TPSA) is 96.7 Å². The molecule has 148 valence electrons. The maximum absolute atomic E-state index is 12.8. The molecule has 7 nitrogen and oxygen atoms in total. The molecular weight excluding hydrogens is 344 g/mol. The molecule has 2 aliphatic rings. The summed E-state index contributed by atoms with van der Waals surface area (Å²) in [6, 6.07) is 7.89. The monoisotopic (exact) mass is 374 g/mol. The van der Waals surface area contributed by atoms with Crippen molar-refractivity contribution in [2.45, 2.75) is 19.3 Å². The Balaban J connectivity index is 1.50. The summed E-state index contributed by atoms with van der Waals surface area (Å²) in [6.45, 7) is 4.35. The maximum Gasteiger partial charge on any atom is 0.229 e. The van der Waals surface area contributed by atoms with E-state index in [2.05, 4.69) is 15.5 Å². The molecule has 0 saturated carbocycles. The third-order valence-electron chi connectivity index (χ3n) is 5.71. The zero-order valence-electron chi connectivity index (χ0n) is 16.0. The molecule has 0 aromatic heterocycles. The summed E-state index contributed by atoms with van der Waals surface area (Å²) in [5.74, 6) is 0.614. The summed E-state index contributed by atoms with van der Waals surface area (Å²) in [5.41, 5.74) is 6.14. The molecule has 1 unspecified atom stereocenters. The third-order valence-corrected chi connectivity index (χ3v) is 5.71. The maximum atomic E-state index is 12.8. The normalized spacial score (nSPS) is 21.9. The predicted octanol–water partition coefficient (Wildman–Crippen LogP) is 0.141. The van der Waals surface area contributed by atoms with Crippen molar-refractivity contribution < 1.29 is 14.3 Å². The van der Waals surface area contributed by atoms with Crippen molar-refractivity contribution in [3.8, 4) is 5.75 Å². The van der Waals surface area contributed by atoms with Gasteiger partial charge >= 0.3 is 0 Å². The van der Waals surface area contributed by atoms with Gasteiger partial charge in [0.25, 0.3) is 0 Å². The van der Waals surface area contributed by atoms with Crippen LogP contribution in [0.2, 0.25) is 0 Å². The van der Waals surface area contributed by atoms with E-state index in [9.17, 15) is 9.59 Å². The summed E-state index contributed by atoms with van der Waals surface area (Å²) < 4.78 is 5.28. The average Bonchev–Trinajstić information content (AvgIpc) is 2.65. The molecule has 0 aliphatic carbocycles. The van der Waals surface area contributed by atoms with Crippen molar-refractivity contribution in [1.29, 1.82) is 0 Å². The minimum Gasteiger partial charge on any atom is -0.497 e. The lowest BCUT2D eigenvalue weighted by Gasteiger charge is -2.41. The van der Waals surface area contributed by atoms with Crippen LogP contribution in [0.1, 0.15) is 18.4 Å². The molecule has 27 heavy (non-hydrogen) atoms. The van der Waals surface area contributed by atoms with E-state index in [1.165, 1.54) is 0 Å². The minimum absolute atomic E-state index is 0.0651. The van der Waals surface area contributed by atoms with Crippen LogP contribution in [-0.4, -0.2) is 63.1 Å². The molecule has 3 rings (SSSR count). The first-order chi connectivity index (χ1) is 13.0. The van der Waals surface area contributed by atoms with Crippen LogP contribution in [0.25, 0.3) is 0 Å². The van der Waals surface area contributed by atoms with E-state index in [0.29, 0.717) is 32.6 Å². The fourth-order valence-electron chi connectivity index (χ4n) is 3.97. The van der Waals surface area contributed by atoms with Crippen LogP contribution in [0, 0.1) is 11.3 Å². The van der Waals surface area contributed by atoms with Crippen LogP contribution >= 0.6 is 0 Å². The Hall–Kier alpha value is -2.12. The number of carbonyl (C=O) groups is 2. The number of hydrogen-bond donors (Lipinski definition) is 3. The van der Waals surface area contributed by atoms with Crippen LogP contribution in [0.4, 0.5) is 0 Å². The number of methoxy groups -OCH3 is 1. The van der Waals surface area contributed by atoms with Gasteiger partial charge in [-0.25, -0.2) is 0 Å². The fourth-order valence-corrected chi connectivity index (χ4v) is 3.97. The molecule has 2 amide bonds. The van der Waals surface area contributed by atoms with E-state index in [1.807, 2.05) is 24.3 Å². The number of primary amides is 1. The van der Waals surface area contributed by atoms with Crippen LogP contribution < -0.4 is 21.1 Å². The molecular formula is C20H30N4O3. The second-order valence-electron chi connectivity index (χ2n) is 7.71. The molecule has 0 radical (unpaired) electrons. The van der Waals surface area contributed by atoms with Crippen molar-refractivity contribution in [1.82, 2.24) is 15.5 Å². The number of ether oxygens (including phenoxy) is 1. The Morgan fingerprint density at radius 2 is 2.22 bits per heavy atom. The van der Waals surface area contributed by atoms with Gasteiger partial charge in [0.05, 0.1) is 18.4 Å². The molecule has 0 bridgehead atoms. The van der Waals surface area contributed by atoms with Crippen molar-refractivity contribution in [2.24, 2.45) is 17.1 Å². The molecule has 4 N–H and O–H groups in total. The van der Waals surface area contributed by atoms with E-state index in [-0.39, 0.29) is 17.7 Å². The summed E-state index contributed by atoms with van der Waals surface area (Å²) >= 11 is 0. The number of nitrogens with zero attached hydrogens (tertiary/aromatic N) is 1. The van der Waals surface area contributed by atoms with Crippen molar-refractivity contribution in [2.75, 3.05) is 46.4 Å². The number of nitrogens with one attached hydrogen (secondary N) is 2. The number of amides is 2. The Labute approximate surface area is 160 Å². The second kappa shape index (κ2) is 8.71. The Kier molecular flexibility index (Phi) is 6.34. The quantitative estimate of drug-likeness (QED) is 0.602. The lowest BCUT2D eigenvalue weighted by Crippen LogP contribution is -2.63. The highest BCUT2D eigenvalue weighted by atomic mass is 16.5. The zero-order chi connectivity index (χ0) is 19.3. The summed E-state index contributed by atoms with van der Waals surface area (Å²) in [6.07, 6.45) is 2.54. The van der Waals surface area contributed by atoms with Gasteiger partial charge in [0.1, 0.15) is 5.75 Å². The van der Waals surface area contributed by atoms with E-state index in [1.54, 1.807) is 7.11 Å². The van der Waals surface area contributed by atoms with Crippen LogP contribution in [-0.2, 0) is 16.0 Å². The number of rotatable bonds is 8. The van der Waals surface area contributed by atoms with E-state index >= 15 is 0 Å². The molecule has 2 fully saturated rings. The highest BCUT2D eigenvalue weighted by molar-refractivity contribution is 5.84. The number of nitrogens with two attached hydrogens (primary N) is 1. The summed E-state index contributed by atoms with van der Waals surface area (Å²) in [4.78, 5) is 26.4. The fraction of sp³-hybridized carbons (Fsp3) is 0.600. The van der Waals surface area contributed by atoms with Crippen molar-refractivity contribution in [3.63, 3.8) is 0 Å². The smallest absolute Gasteiger partial charge is 0.229 e. The Bertz CT molecular complexity index is 675. The number of carbonyl (C=O) groups excluding carboxylic acids is 2. The molecule has 0 spiro atoms. The first-order valence-electron chi connectivity index (χ1n) is 9.66. The summed E-state index contributed by atoms with van der Waals surface area (Å²) in [5, 5.41) is 6.33. The van der Waals surface area contributed by atoms with Gasteiger partial charge in [0, 0.05) is 32.7 Å². The molecule has 2 saturated heterocycles. The van der Waals surface area contributed by atoms with Gasteiger partial charge in [-0.2, -0.15) is 0 Å². The van der Waals surface area contributed by atoms with Gasteiger partial charge in [0.2, 0.25) is 11.8 Å². The highest BCUT2D eigenvalue weighted by Crippen LogP contribution is 2.29. The van der Waals surface area contributed by atoms with Crippen LogP contribution in [0.3, 0.4) is 0 Å². The second-order valence-corrected chi connectivity index (χ2v) is 7.71. The first kappa shape index (κ1) is 19.6. The average molecular weight is 374 g/mol. The largest absolute Gasteiger partial charge is 0.497 e. The first-order valence-corrected chi connectivity index (χ1v) is 9.66. The number of hydrogen-bond acceptors (Lipinski definition) is 5. The lowest BCUT2D eigenvalue weighted by atomic mass is 9.75. The molecule has 2 aliphatic heterocycles. The van der Waals surface area contributed by atoms with E-state index in [4.69, 9.17) is 10.5 Å². The van der Waals surface area contributed by atoms with Gasteiger partial charge in [-0.1, -0.05) is 12.1 Å². The van der Waals surface area contributed by atoms with Gasteiger partial charge in [0.15, 0.2) is 0 Å². The Morgan fingerprint density at radius 3 is 2.89 bits per heavy atom. The van der Waals surface area contributed by atoms with Gasteiger partial charge in [-0.3, -0.25) is 9.59 Å². The van der Waals surface area contributed by atoms with Crippen molar-refractivity contribution >= 4 is 11.8 Å². The number of benzene rings is 1. The van der Waals surface area contributed by atoms with Crippen molar-refractivity contribution in [3.05, 3.63) is 29.8 Å². The van der Waals surface area contributed by atoms with Gasteiger partial charge in [-0.05, 0) is 43.5 Å².